The first-order chi connectivity index (χ1) is 8.66. The Morgan fingerprint density at radius 3 is 2.94 bits per heavy atom. The lowest BCUT2D eigenvalue weighted by Crippen LogP contribution is -2.13. The number of fused-ring (bicyclic) bond motifs is 1. The summed E-state index contributed by atoms with van der Waals surface area (Å²) >= 11 is 0. The van der Waals surface area contributed by atoms with Gasteiger partial charge in [0.2, 0.25) is 0 Å². The second kappa shape index (κ2) is 4.12. The molecule has 0 spiro atoms. The molecule has 0 bridgehead atoms. The molecule has 4 heteroatoms. The van der Waals surface area contributed by atoms with E-state index in [0.717, 1.165) is 47.7 Å². The zero-order valence-corrected chi connectivity index (χ0v) is 10.7. The second-order valence-electron chi connectivity index (χ2n) is 4.88. The number of aryl methyl sites for hydroxylation is 2. The van der Waals surface area contributed by atoms with Gasteiger partial charge in [0.25, 0.3) is 0 Å². The number of carbonyl (C=O) groups is 1. The maximum Gasteiger partial charge on any atom is 0.164 e. The van der Waals surface area contributed by atoms with E-state index in [1.165, 1.54) is 0 Å². The Labute approximate surface area is 106 Å². The SMILES string of the molecule is Cc1noc(C)c1Cn1ccc2c1CCCC2=O. The third kappa shape index (κ3) is 1.68. The van der Waals surface area contributed by atoms with Crippen LogP contribution in [0.5, 0.6) is 0 Å². The predicted octanol–water partition coefficient (Wildman–Crippen LogP) is 2.66. The molecule has 2 aromatic rings. The van der Waals surface area contributed by atoms with Crippen molar-refractivity contribution < 1.29 is 9.32 Å². The Morgan fingerprint density at radius 2 is 2.22 bits per heavy atom. The second-order valence-corrected chi connectivity index (χ2v) is 4.88. The van der Waals surface area contributed by atoms with Gasteiger partial charge in [0.15, 0.2) is 5.78 Å². The minimum Gasteiger partial charge on any atom is -0.361 e. The molecule has 94 valence electrons. The van der Waals surface area contributed by atoms with Crippen molar-refractivity contribution >= 4 is 5.78 Å². The summed E-state index contributed by atoms with van der Waals surface area (Å²) in [5.41, 5.74) is 4.10. The monoisotopic (exact) mass is 244 g/mol. The van der Waals surface area contributed by atoms with Gasteiger partial charge in [-0.25, -0.2) is 0 Å². The molecule has 0 radical (unpaired) electrons. The third-order valence-corrected chi connectivity index (χ3v) is 3.71. The van der Waals surface area contributed by atoms with E-state index in [1.54, 1.807) is 0 Å². The van der Waals surface area contributed by atoms with Crippen molar-refractivity contribution in [2.75, 3.05) is 0 Å². The van der Waals surface area contributed by atoms with Crippen LogP contribution >= 0.6 is 0 Å². The molecule has 0 amide bonds. The number of Topliss-reactive ketones (excluding diaryl/α,β-unsaturated/α-hetero) is 1. The van der Waals surface area contributed by atoms with E-state index in [4.69, 9.17) is 4.52 Å². The van der Waals surface area contributed by atoms with E-state index in [0.29, 0.717) is 6.42 Å². The molecule has 2 heterocycles. The van der Waals surface area contributed by atoms with E-state index in [9.17, 15) is 4.79 Å². The summed E-state index contributed by atoms with van der Waals surface area (Å²) in [6, 6.07) is 1.94. The minimum absolute atomic E-state index is 0.272. The quantitative estimate of drug-likeness (QED) is 0.816. The molecule has 0 saturated heterocycles. The first-order valence-corrected chi connectivity index (χ1v) is 6.30. The zero-order chi connectivity index (χ0) is 12.7. The van der Waals surface area contributed by atoms with Gasteiger partial charge < -0.3 is 9.09 Å². The maximum absolute atomic E-state index is 11.8. The largest absolute Gasteiger partial charge is 0.361 e. The number of carbonyl (C=O) groups excluding carboxylic acids is 1. The summed E-state index contributed by atoms with van der Waals surface area (Å²) in [7, 11) is 0. The molecule has 0 N–H and O–H groups in total. The molecule has 1 aliphatic carbocycles. The predicted molar refractivity (Wildman–Crippen MR) is 66.8 cm³/mol. The van der Waals surface area contributed by atoms with Gasteiger partial charge in [-0.1, -0.05) is 5.16 Å². The van der Waals surface area contributed by atoms with Crippen LogP contribution < -0.4 is 0 Å². The summed E-state index contributed by atoms with van der Waals surface area (Å²) in [6.45, 7) is 4.62. The van der Waals surface area contributed by atoms with Gasteiger partial charge in [0.05, 0.1) is 12.2 Å². The standard InChI is InChI=1S/C14H16N2O2/c1-9-12(10(2)18-15-9)8-16-7-6-11-13(16)4-3-5-14(11)17/h6-7H,3-5,8H2,1-2H3. The zero-order valence-electron chi connectivity index (χ0n) is 10.7. The van der Waals surface area contributed by atoms with Crippen molar-refractivity contribution in [3.63, 3.8) is 0 Å². The summed E-state index contributed by atoms with van der Waals surface area (Å²) < 4.78 is 7.33. The highest BCUT2D eigenvalue weighted by Gasteiger charge is 2.21. The van der Waals surface area contributed by atoms with Crippen LogP contribution in [0.2, 0.25) is 0 Å². The highest BCUT2D eigenvalue weighted by molar-refractivity contribution is 5.98. The number of hydrogen-bond acceptors (Lipinski definition) is 3. The fourth-order valence-corrected chi connectivity index (χ4v) is 2.63. The number of aromatic nitrogens is 2. The smallest absolute Gasteiger partial charge is 0.164 e. The summed E-state index contributed by atoms with van der Waals surface area (Å²) in [4.78, 5) is 11.8. The molecule has 18 heavy (non-hydrogen) atoms. The third-order valence-electron chi connectivity index (χ3n) is 3.71. The maximum atomic E-state index is 11.8. The van der Waals surface area contributed by atoms with E-state index < -0.39 is 0 Å². The topological polar surface area (TPSA) is 48.0 Å². The molecular formula is C14H16N2O2. The van der Waals surface area contributed by atoms with Gasteiger partial charge in [-0.3, -0.25) is 4.79 Å². The molecule has 4 nitrogen and oxygen atoms in total. The number of nitrogens with zero attached hydrogens (tertiary/aromatic N) is 2. The number of ketones is 1. The van der Waals surface area contributed by atoms with Crippen molar-refractivity contribution in [1.29, 1.82) is 0 Å². The first-order valence-electron chi connectivity index (χ1n) is 6.30. The summed E-state index contributed by atoms with van der Waals surface area (Å²) in [5.74, 6) is 1.13. The lowest BCUT2D eigenvalue weighted by molar-refractivity contribution is 0.0972. The van der Waals surface area contributed by atoms with E-state index in [1.807, 2.05) is 26.1 Å². The fourth-order valence-electron chi connectivity index (χ4n) is 2.63. The Hall–Kier alpha value is -1.84. The van der Waals surface area contributed by atoms with Crippen LogP contribution in [0.1, 0.15) is 45.9 Å². The van der Waals surface area contributed by atoms with Crippen LogP contribution in [0.15, 0.2) is 16.8 Å². The Balaban J connectivity index is 1.97. The van der Waals surface area contributed by atoms with Gasteiger partial charge in [0.1, 0.15) is 5.76 Å². The molecule has 0 unspecified atom stereocenters. The minimum atomic E-state index is 0.272. The molecule has 0 aliphatic heterocycles. The van der Waals surface area contributed by atoms with Crippen LogP contribution in [0.4, 0.5) is 0 Å². The summed E-state index contributed by atoms with van der Waals surface area (Å²) in [5, 5.41) is 3.97. The van der Waals surface area contributed by atoms with Crippen molar-refractivity contribution in [3.05, 3.63) is 40.5 Å². The molecule has 0 fully saturated rings. The molecule has 1 aliphatic rings. The molecule has 0 aromatic carbocycles. The van der Waals surface area contributed by atoms with Crippen LogP contribution in [0.25, 0.3) is 0 Å². The normalized spacial score (nSPS) is 14.9. The van der Waals surface area contributed by atoms with Crippen molar-refractivity contribution in [1.82, 2.24) is 9.72 Å². The van der Waals surface area contributed by atoms with E-state index in [2.05, 4.69) is 9.72 Å². The Morgan fingerprint density at radius 1 is 1.39 bits per heavy atom. The highest BCUT2D eigenvalue weighted by Crippen LogP contribution is 2.24. The fraction of sp³-hybridized carbons (Fsp3) is 0.429. The van der Waals surface area contributed by atoms with Gasteiger partial charge in [-0.15, -0.1) is 0 Å². The molecule has 3 rings (SSSR count). The molecule has 0 atom stereocenters. The van der Waals surface area contributed by atoms with Crippen molar-refractivity contribution in [2.45, 2.75) is 39.7 Å². The summed E-state index contributed by atoms with van der Waals surface area (Å²) in [6.07, 6.45) is 4.62. The molecular weight excluding hydrogens is 228 g/mol. The lowest BCUT2D eigenvalue weighted by atomic mass is 9.97. The van der Waals surface area contributed by atoms with Crippen LogP contribution in [-0.2, 0) is 13.0 Å². The Bertz CT molecular complexity index is 588. The molecule has 2 aromatic heterocycles. The van der Waals surface area contributed by atoms with Crippen molar-refractivity contribution in [3.8, 4) is 0 Å². The van der Waals surface area contributed by atoms with Crippen LogP contribution in [0, 0.1) is 13.8 Å². The molecule has 0 saturated carbocycles. The number of hydrogen-bond donors (Lipinski definition) is 0. The first kappa shape index (κ1) is 11.3. The van der Waals surface area contributed by atoms with Gasteiger partial charge in [-0.2, -0.15) is 0 Å². The van der Waals surface area contributed by atoms with Crippen LogP contribution in [0.3, 0.4) is 0 Å². The van der Waals surface area contributed by atoms with E-state index >= 15 is 0 Å². The highest BCUT2D eigenvalue weighted by atomic mass is 16.5. The van der Waals surface area contributed by atoms with E-state index in [-0.39, 0.29) is 5.78 Å². The average molecular weight is 244 g/mol. The van der Waals surface area contributed by atoms with Crippen LogP contribution in [-0.4, -0.2) is 15.5 Å². The Kier molecular flexibility index (Phi) is 2.58. The van der Waals surface area contributed by atoms with Gasteiger partial charge in [-0.05, 0) is 32.8 Å². The van der Waals surface area contributed by atoms with Gasteiger partial charge >= 0.3 is 0 Å². The van der Waals surface area contributed by atoms with Crippen molar-refractivity contribution in [2.24, 2.45) is 0 Å². The van der Waals surface area contributed by atoms with Gasteiger partial charge in [0, 0.05) is 29.4 Å². The lowest BCUT2D eigenvalue weighted by Gasteiger charge is -2.14. The number of rotatable bonds is 2. The average Bonchev–Trinajstić information content (AvgIpc) is 2.89.